The first-order chi connectivity index (χ1) is 9.81. The lowest BCUT2D eigenvalue weighted by Gasteiger charge is -2.27. The lowest BCUT2D eigenvalue weighted by atomic mass is 9.87. The van der Waals surface area contributed by atoms with E-state index in [1.807, 2.05) is 0 Å². The molecule has 1 heteroatoms. The van der Waals surface area contributed by atoms with Gasteiger partial charge in [0, 0.05) is 6.04 Å². The molecule has 1 nitrogen and oxygen atoms in total. The zero-order valence-electron chi connectivity index (χ0n) is 12.6. The summed E-state index contributed by atoms with van der Waals surface area (Å²) in [6.45, 7) is 5.77. The Kier molecular flexibility index (Phi) is 4.07. The van der Waals surface area contributed by atoms with Crippen LogP contribution in [0.1, 0.15) is 44.7 Å². The summed E-state index contributed by atoms with van der Waals surface area (Å²) in [6, 6.07) is 16.0. The van der Waals surface area contributed by atoms with Crippen molar-refractivity contribution in [3.8, 4) is 0 Å². The van der Waals surface area contributed by atoms with E-state index in [-0.39, 0.29) is 0 Å². The number of nitrogens with one attached hydrogen (secondary N) is 1. The zero-order chi connectivity index (χ0) is 13.9. The van der Waals surface area contributed by atoms with Gasteiger partial charge < -0.3 is 5.32 Å². The molecule has 0 aliphatic heterocycles. The van der Waals surface area contributed by atoms with E-state index in [9.17, 15) is 0 Å². The monoisotopic (exact) mass is 267 g/mol. The highest BCUT2D eigenvalue weighted by Crippen LogP contribution is 2.43. The quantitative estimate of drug-likeness (QED) is 0.782. The van der Waals surface area contributed by atoms with Crippen LogP contribution in [0.5, 0.6) is 0 Å². The molecule has 3 rings (SSSR count). The summed E-state index contributed by atoms with van der Waals surface area (Å²) in [7, 11) is 0. The Balaban J connectivity index is 1.98. The largest absolute Gasteiger partial charge is 0.310 e. The van der Waals surface area contributed by atoms with Crippen LogP contribution in [0.3, 0.4) is 0 Å². The van der Waals surface area contributed by atoms with E-state index >= 15 is 0 Å². The fourth-order valence-electron chi connectivity index (χ4n) is 3.29. The predicted octanol–water partition coefficient (Wildman–Crippen LogP) is 4.93. The van der Waals surface area contributed by atoms with Crippen molar-refractivity contribution < 1.29 is 0 Å². The molecule has 0 aromatic heterocycles. The fourth-order valence-corrected chi connectivity index (χ4v) is 3.29. The topological polar surface area (TPSA) is 12.0 Å². The summed E-state index contributed by atoms with van der Waals surface area (Å²) in [4.78, 5) is 0. The molecule has 2 unspecified atom stereocenters. The average Bonchev–Trinajstić information content (AvgIpc) is 3.32. The standard InChI is InChI=1S/C19H25N/c1-3-13-20-19(14(2)15-11-12-15)18-10-6-8-16-7-4-5-9-17(16)18/h4-10,14-15,19-20H,3,11-13H2,1-2H3. The maximum absolute atomic E-state index is 3.80. The normalized spacial score (nSPS) is 18.1. The molecular formula is C19H25N. The van der Waals surface area contributed by atoms with Crippen molar-refractivity contribution in [3.05, 3.63) is 48.0 Å². The summed E-state index contributed by atoms with van der Waals surface area (Å²) < 4.78 is 0. The molecule has 1 aliphatic rings. The van der Waals surface area contributed by atoms with Crippen molar-refractivity contribution in [2.45, 2.75) is 39.2 Å². The first-order valence-electron chi connectivity index (χ1n) is 8.02. The summed E-state index contributed by atoms with van der Waals surface area (Å²) in [5.74, 6) is 1.65. The molecular weight excluding hydrogens is 242 g/mol. The van der Waals surface area contributed by atoms with Gasteiger partial charge in [-0.1, -0.05) is 56.3 Å². The molecule has 2 aromatic rings. The molecule has 0 spiro atoms. The van der Waals surface area contributed by atoms with Crippen LogP contribution in [0.15, 0.2) is 42.5 Å². The first-order valence-corrected chi connectivity index (χ1v) is 8.02. The third-order valence-electron chi connectivity index (χ3n) is 4.66. The van der Waals surface area contributed by atoms with E-state index in [0.717, 1.165) is 18.4 Å². The Morgan fingerprint density at radius 2 is 1.85 bits per heavy atom. The molecule has 0 heterocycles. The second-order valence-electron chi connectivity index (χ2n) is 6.20. The average molecular weight is 267 g/mol. The van der Waals surface area contributed by atoms with Crippen LogP contribution in [0, 0.1) is 11.8 Å². The van der Waals surface area contributed by atoms with Gasteiger partial charge in [-0.15, -0.1) is 0 Å². The molecule has 1 aliphatic carbocycles. The van der Waals surface area contributed by atoms with Gasteiger partial charge in [-0.3, -0.25) is 0 Å². The number of fused-ring (bicyclic) bond motifs is 1. The third-order valence-corrected chi connectivity index (χ3v) is 4.66. The summed E-state index contributed by atoms with van der Waals surface area (Å²) in [5.41, 5.74) is 1.48. The lowest BCUT2D eigenvalue weighted by Crippen LogP contribution is -2.29. The summed E-state index contributed by atoms with van der Waals surface area (Å²) >= 11 is 0. The minimum absolute atomic E-state index is 0.494. The van der Waals surface area contributed by atoms with Crippen LogP contribution >= 0.6 is 0 Å². The molecule has 0 radical (unpaired) electrons. The highest BCUT2D eigenvalue weighted by molar-refractivity contribution is 5.86. The number of hydrogen-bond donors (Lipinski definition) is 1. The Hall–Kier alpha value is -1.34. The van der Waals surface area contributed by atoms with Gasteiger partial charge in [-0.25, -0.2) is 0 Å². The van der Waals surface area contributed by atoms with Crippen molar-refractivity contribution in [2.24, 2.45) is 11.8 Å². The maximum atomic E-state index is 3.80. The van der Waals surface area contributed by atoms with Gasteiger partial charge in [0.05, 0.1) is 0 Å². The van der Waals surface area contributed by atoms with Crippen LogP contribution in [0.2, 0.25) is 0 Å². The highest BCUT2D eigenvalue weighted by atomic mass is 14.9. The van der Waals surface area contributed by atoms with Crippen LogP contribution in [0.4, 0.5) is 0 Å². The predicted molar refractivity (Wildman–Crippen MR) is 86.9 cm³/mol. The molecule has 1 N–H and O–H groups in total. The molecule has 0 saturated heterocycles. The van der Waals surface area contributed by atoms with Gasteiger partial charge in [-0.2, -0.15) is 0 Å². The zero-order valence-corrected chi connectivity index (χ0v) is 12.6. The van der Waals surface area contributed by atoms with Crippen LogP contribution in [-0.4, -0.2) is 6.54 Å². The Morgan fingerprint density at radius 1 is 1.10 bits per heavy atom. The second kappa shape index (κ2) is 5.97. The smallest absolute Gasteiger partial charge is 0.0354 e. The fraction of sp³-hybridized carbons (Fsp3) is 0.474. The van der Waals surface area contributed by atoms with Crippen molar-refractivity contribution in [1.29, 1.82) is 0 Å². The SMILES string of the molecule is CCCNC(c1cccc2ccccc12)C(C)C1CC1. The van der Waals surface area contributed by atoms with E-state index in [0.29, 0.717) is 6.04 Å². The van der Waals surface area contributed by atoms with Crippen LogP contribution in [0.25, 0.3) is 10.8 Å². The minimum Gasteiger partial charge on any atom is -0.310 e. The van der Waals surface area contributed by atoms with E-state index in [1.165, 1.54) is 35.6 Å². The molecule has 0 amide bonds. The number of benzene rings is 2. The van der Waals surface area contributed by atoms with Crippen molar-refractivity contribution >= 4 is 10.8 Å². The Labute approximate surface area is 122 Å². The molecule has 0 bridgehead atoms. The highest BCUT2D eigenvalue weighted by Gasteiger charge is 2.34. The molecule has 1 saturated carbocycles. The van der Waals surface area contributed by atoms with Crippen LogP contribution < -0.4 is 5.32 Å². The maximum Gasteiger partial charge on any atom is 0.0354 e. The van der Waals surface area contributed by atoms with Gasteiger partial charge >= 0.3 is 0 Å². The Morgan fingerprint density at radius 3 is 2.60 bits per heavy atom. The minimum atomic E-state index is 0.494. The van der Waals surface area contributed by atoms with Gasteiger partial charge in [0.1, 0.15) is 0 Å². The molecule has 106 valence electrons. The Bertz CT molecular complexity index is 565. The lowest BCUT2D eigenvalue weighted by molar-refractivity contribution is 0.351. The molecule has 2 atom stereocenters. The van der Waals surface area contributed by atoms with Crippen molar-refractivity contribution in [2.75, 3.05) is 6.54 Å². The van der Waals surface area contributed by atoms with Gasteiger partial charge in [0.2, 0.25) is 0 Å². The van der Waals surface area contributed by atoms with E-state index < -0.39 is 0 Å². The van der Waals surface area contributed by atoms with Gasteiger partial charge in [-0.05, 0) is 54.0 Å². The van der Waals surface area contributed by atoms with E-state index in [1.54, 1.807) is 0 Å². The van der Waals surface area contributed by atoms with E-state index in [4.69, 9.17) is 0 Å². The van der Waals surface area contributed by atoms with E-state index in [2.05, 4.69) is 61.6 Å². The molecule has 1 fully saturated rings. The molecule has 20 heavy (non-hydrogen) atoms. The van der Waals surface area contributed by atoms with Crippen molar-refractivity contribution in [3.63, 3.8) is 0 Å². The summed E-state index contributed by atoms with van der Waals surface area (Å²) in [6.07, 6.45) is 4.02. The van der Waals surface area contributed by atoms with Crippen LogP contribution in [-0.2, 0) is 0 Å². The number of hydrogen-bond acceptors (Lipinski definition) is 1. The first kappa shape index (κ1) is 13.6. The number of rotatable bonds is 6. The third kappa shape index (κ3) is 2.73. The summed E-state index contributed by atoms with van der Waals surface area (Å²) in [5, 5.41) is 6.57. The van der Waals surface area contributed by atoms with Gasteiger partial charge in [0.25, 0.3) is 0 Å². The molecule has 2 aromatic carbocycles. The van der Waals surface area contributed by atoms with Crippen molar-refractivity contribution in [1.82, 2.24) is 5.32 Å². The van der Waals surface area contributed by atoms with Gasteiger partial charge in [0.15, 0.2) is 0 Å². The second-order valence-corrected chi connectivity index (χ2v) is 6.20.